The van der Waals surface area contributed by atoms with Gasteiger partial charge in [0.15, 0.2) is 0 Å². The van der Waals surface area contributed by atoms with E-state index in [0.717, 1.165) is 0 Å². The predicted octanol–water partition coefficient (Wildman–Crippen LogP) is 2.59. The van der Waals surface area contributed by atoms with Crippen molar-refractivity contribution in [3.63, 3.8) is 0 Å². The lowest BCUT2D eigenvalue weighted by Crippen LogP contribution is -2.23. The molecule has 2 fully saturated rings. The Morgan fingerprint density at radius 3 is 2.17 bits per heavy atom. The Labute approximate surface area is 75.2 Å². The van der Waals surface area contributed by atoms with Crippen LogP contribution >= 0.6 is 0 Å². The highest BCUT2D eigenvalue weighted by Crippen LogP contribution is 2.63. The zero-order valence-electron chi connectivity index (χ0n) is 8.27. The molecule has 70 valence electrons. The third-order valence-electron chi connectivity index (χ3n) is 4.18. The van der Waals surface area contributed by atoms with E-state index in [-0.39, 0.29) is 0 Å². The van der Waals surface area contributed by atoms with E-state index in [9.17, 15) is 0 Å². The molecule has 12 heavy (non-hydrogen) atoms. The smallest absolute Gasteiger partial charge is 0.0464 e. The first-order valence-corrected chi connectivity index (χ1v) is 5.19. The molecule has 2 saturated carbocycles. The fraction of sp³-hybridized carbons (Fsp3) is 1.00. The minimum atomic E-state index is 0.431. The van der Waals surface area contributed by atoms with Crippen LogP contribution in [0.5, 0.6) is 0 Å². The number of hydrogen-bond donors (Lipinski definition) is 1. The molecule has 1 spiro atoms. The molecule has 2 aliphatic rings. The van der Waals surface area contributed by atoms with Gasteiger partial charge in [0.05, 0.1) is 0 Å². The van der Waals surface area contributed by atoms with Crippen molar-refractivity contribution in [1.29, 1.82) is 0 Å². The van der Waals surface area contributed by atoms with Gasteiger partial charge in [-0.15, -0.1) is 0 Å². The van der Waals surface area contributed by atoms with Crippen molar-refractivity contribution < 1.29 is 5.11 Å². The molecule has 0 radical (unpaired) electrons. The Bertz CT molecular complexity index is 173. The zero-order valence-corrected chi connectivity index (χ0v) is 8.27. The van der Waals surface area contributed by atoms with E-state index in [1.54, 1.807) is 0 Å². The fourth-order valence-electron chi connectivity index (χ4n) is 2.73. The standard InChI is InChI=1S/C11H20O/c1-10(2)3-5-11(6-4-10)7-9(11)8-12/h9,12H,3-8H2,1-2H3. The predicted molar refractivity (Wildman–Crippen MR) is 49.9 cm³/mol. The third kappa shape index (κ3) is 1.28. The normalized spacial score (nSPS) is 36.8. The van der Waals surface area contributed by atoms with Crippen LogP contribution < -0.4 is 0 Å². The number of hydrogen-bond acceptors (Lipinski definition) is 1. The average molecular weight is 168 g/mol. The van der Waals surface area contributed by atoms with Gasteiger partial charge < -0.3 is 5.11 Å². The summed E-state index contributed by atoms with van der Waals surface area (Å²) < 4.78 is 0. The molecule has 0 aromatic carbocycles. The van der Waals surface area contributed by atoms with E-state index < -0.39 is 0 Å². The Kier molecular flexibility index (Phi) is 1.76. The molecule has 1 heteroatoms. The Morgan fingerprint density at radius 1 is 1.17 bits per heavy atom. The third-order valence-corrected chi connectivity index (χ3v) is 4.18. The van der Waals surface area contributed by atoms with Crippen LogP contribution in [0.3, 0.4) is 0 Å². The maximum absolute atomic E-state index is 9.05. The van der Waals surface area contributed by atoms with Crippen LogP contribution in [0.4, 0.5) is 0 Å². The maximum Gasteiger partial charge on any atom is 0.0464 e. The van der Waals surface area contributed by atoms with Crippen molar-refractivity contribution in [3.05, 3.63) is 0 Å². The topological polar surface area (TPSA) is 20.2 Å². The molecule has 2 rings (SSSR count). The summed E-state index contributed by atoms with van der Waals surface area (Å²) in [6.07, 6.45) is 6.77. The van der Waals surface area contributed by atoms with E-state index in [4.69, 9.17) is 5.11 Å². The molecule has 1 unspecified atom stereocenters. The molecule has 1 N–H and O–H groups in total. The van der Waals surface area contributed by atoms with Crippen molar-refractivity contribution >= 4 is 0 Å². The molecule has 0 amide bonds. The van der Waals surface area contributed by atoms with Crippen molar-refractivity contribution in [2.75, 3.05) is 6.61 Å². The molecule has 1 atom stereocenters. The molecule has 0 aliphatic heterocycles. The van der Waals surface area contributed by atoms with Crippen molar-refractivity contribution in [2.24, 2.45) is 16.7 Å². The average Bonchev–Trinajstić information content (AvgIpc) is 2.72. The highest BCUT2D eigenvalue weighted by atomic mass is 16.3. The van der Waals surface area contributed by atoms with Gasteiger partial charge in [0.25, 0.3) is 0 Å². The lowest BCUT2D eigenvalue weighted by atomic mass is 9.71. The minimum absolute atomic E-state index is 0.431. The van der Waals surface area contributed by atoms with Crippen molar-refractivity contribution in [2.45, 2.75) is 46.0 Å². The second-order valence-corrected chi connectivity index (χ2v) is 5.61. The molecular weight excluding hydrogens is 148 g/mol. The van der Waals surface area contributed by atoms with E-state index in [1.165, 1.54) is 32.1 Å². The summed E-state index contributed by atoms with van der Waals surface area (Å²) in [6.45, 7) is 5.17. The molecule has 0 bridgehead atoms. The second-order valence-electron chi connectivity index (χ2n) is 5.61. The van der Waals surface area contributed by atoms with Gasteiger partial charge in [0.2, 0.25) is 0 Å². The first-order chi connectivity index (χ1) is 5.58. The summed E-state index contributed by atoms with van der Waals surface area (Å²) in [4.78, 5) is 0. The molecule has 1 nitrogen and oxygen atoms in total. The van der Waals surface area contributed by atoms with Gasteiger partial charge in [-0.2, -0.15) is 0 Å². The molecule has 2 aliphatic carbocycles. The second kappa shape index (κ2) is 2.47. The van der Waals surface area contributed by atoms with E-state index in [1.807, 2.05) is 0 Å². The summed E-state index contributed by atoms with van der Waals surface area (Å²) in [7, 11) is 0. The van der Waals surface area contributed by atoms with Crippen molar-refractivity contribution in [3.8, 4) is 0 Å². The summed E-state index contributed by atoms with van der Waals surface area (Å²) in [5.41, 5.74) is 1.18. The SMILES string of the molecule is CC1(C)CCC2(CC1)CC2CO. The zero-order chi connectivity index (χ0) is 8.82. The lowest BCUT2D eigenvalue weighted by molar-refractivity contribution is 0.149. The van der Waals surface area contributed by atoms with Crippen LogP contribution in [0, 0.1) is 16.7 Å². The van der Waals surface area contributed by atoms with Crippen LogP contribution in [-0.4, -0.2) is 11.7 Å². The van der Waals surface area contributed by atoms with Crippen LogP contribution in [0.2, 0.25) is 0 Å². The largest absolute Gasteiger partial charge is 0.396 e. The summed E-state index contributed by atoms with van der Waals surface area (Å²) >= 11 is 0. The molecule has 0 heterocycles. The first kappa shape index (κ1) is 8.55. The van der Waals surface area contributed by atoms with Gasteiger partial charge in [-0.05, 0) is 48.9 Å². The van der Waals surface area contributed by atoms with E-state index in [2.05, 4.69) is 13.8 Å². The molecular formula is C11H20O. The van der Waals surface area contributed by atoms with Gasteiger partial charge in [-0.3, -0.25) is 0 Å². The summed E-state index contributed by atoms with van der Waals surface area (Å²) in [5, 5.41) is 9.05. The molecule has 0 aromatic rings. The van der Waals surface area contributed by atoms with Gasteiger partial charge >= 0.3 is 0 Å². The molecule has 0 saturated heterocycles. The number of rotatable bonds is 1. The van der Waals surface area contributed by atoms with Gasteiger partial charge in [0, 0.05) is 6.61 Å². The van der Waals surface area contributed by atoms with Gasteiger partial charge in [-0.25, -0.2) is 0 Å². The van der Waals surface area contributed by atoms with Crippen LogP contribution in [0.15, 0.2) is 0 Å². The van der Waals surface area contributed by atoms with Crippen LogP contribution in [0.1, 0.15) is 46.0 Å². The lowest BCUT2D eigenvalue weighted by Gasteiger charge is -2.35. The number of aliphatic hydroxyl groups excluding tert-OH is 1. The summed E-state index contributed by atoms with van der Waals surface area (Å²) in [5.74, 6) is 0.661. The number of aliphatic hydroxyl groups is 1. The Morgan fingerprint density at radius 2 is 1.75 bits per heavy atom. The fourth-order valence-corrected chi connectivity index (χ4v) is 2.73. The molecule has 0 aromatic heterocycles. The summed E-state index contributed by atoms with van der Waals surface area (Å²) in [6, 6.07) is 0. The van der Waals surface area contributed by atoms with Gasteiger partial charge in [-0.1, -0.05) is 13.8 Å². The monoisotopic (exact) mass is 168 g/mol. The quantitative estimate of drug-likeness (QED) is 0.638. The highest BCUT2D eigenvalue weighted by Gasteiger charge is 2.55. The Hall–Kier alpha value is -0.0400. The van der Waals surface area contributed by atoms with Crippen molar-refractivity contribution in [1.82, 2.24) is 0 Å². The van der Waals surface area contributed by atoms with Crippen LogP contribution in [-0.2, 0) is 0 Å². The van der Waals surface area contributed by atoms with Gasteiger partial charge in [0.1, 0.15) is 0 Å². The van der Waals surface area contributed by atoms with E-state index >= 15 is 0 Å². The van der Waals surface area contributed by atoms with Crippen LogP contribution in [0.25, 0.3) is 0 Å². The minimum Gasteiger partial charge on any atom is -0.396 e. The highest BCUT2D eigenvalue weighted by molar-refractivity contribution is 5.05. The Balaban J connectivity index is 1.92. The maximum atomic E-state index is 9.05. The first-order valence-electron chi connectivity index (χ1n) is 5.19. The van der Waals surface area contributed by atoms with E-state index in [0.29, 0.717) is 23.4 Å².